The molecule has 1 aliphatic carbocycles. The number of nitrogens with zero attached hydrogens (tertiary/aromatic N) is 1. The minimum absolute atomic E-state index is 0.0539. The van der Waals surface area contributed by atoms with Crippen LogP contribution in [0.5, 0.6) is 5.75 Å². The Hall–Kier alpha value is -3.50. The Labute approximate surface area is 204 Å². The number of ketones is 1. The maximum Gasteiger partial charge on any atom is 0.234 e. The van der Waals surface area contributed by atoms with Gasteiger partial charge in [-0.05, 0) is 41.7 Å². The normalized spacial score (nSPS) is 19.1. The van der Waals surface area contributed by atoms with Crippen molar-refractivity contribution in [2.45, 2.75) is 32.6 Å². The molecule has 2 aliphatic rings. The van der Waals surface area contributed by atoms with Gasteiger partial charge in [-0.2, -0.15) is 5.26 Å². The van der Waals surface area contributed by atoms with Gasteiger partial charge in [-0.15, -0.1) is 0 Å². The highest BCUT2D eigenvalue weighted by atomic mass is 32.2. The van der Waals surface area contributed by atoms with Gasteiger partial charge in [-0.25, -0.2) is 0 Å². The average molecular weight is 474 g/mol. The number of para-hydroxylation sites is 1. The molecule has 0 radical (unpaired) electrons. The number of hydrogen-bond acceptors (Lipinski definition) is 6. The lowest BCUT2D eigenvalue weighted by atomic mass is 9.69. The number of nitriles is 1. The first-order chi connectivity index (χ1) is 16.3. The van der Waals surface area contributed by atoms with Crippen LogP contribution in [0, 0.1) is 16.7 Å². The van der Waals surface area contributed by atoms with E-state index in [0.29, 0.717) is 34.8 Å². The number of hydrogen-bond donors (Lipinski definition) is 2. The Morgan fingerprint density at radius 3 is 2.53 bits per heavy atom. The summed E-state index contributed by atoms with van der Waals surface area (Å²) >= 11 is 1.28. The lowest BCUT2D eigenvalue weighted by molar-refractivity contribution is -0.118. The Bertz CT molecular complexity index is 1210. The Morgan fingerprint density at radius 2 is 1.88 bits per heavy atom. The fourth-order valence-electron chi connectivity index (χ4n) is 4.48. The molecule has 34 heavy (non-hydrogen) atoms. The van der Waals surface area contributed by atoms with Crippen molar-refractivity contribution in [1.82, 2.24) is 5.32 Å². The van der Waals surface area contributed by atoms with E-state index >= 15 is 0 Å². The van der Waals surface area contributed by atoms with E-state index in [1.807, 2.05) is 54.6 Å². The molecule has 174 valence electrons. The van der Waals surface area contributed by atoms with Gasteiger partial charge >= 0.3 is 0 Å². The van der Waals surface area contributed by atoms with E-state index in [9.17, 15) is 14.9 Å². The molecule has 0 bridgehead atoms. The van der Waals surface area contributed by atoms with Gasteiger partial charge < -0.3 is 15.4 Å². The van der Waals surface area contributed by atoms with Crippen LogP contribution < -0.4 is 15.4 Å². The number of rotatable bonds is 6. The number of anilines is 1. The molecule has 7 heteroatoms. The van der Waals surface area contributed by atoms with Gasteiger partial charge in [0.15, 0.2) is 5.78 Å². The van der Waals surface area contributed by atoms with Crippen molar-refractivity contribution in [1.29, 1.82) is 5.26 Å². The number of allylic oxidation sites excluding steroid dienone is 3. The number of nitrogens with one attached hydrogen (secondary N) is 2. The van der Waals surface area contributed by atoms with Crippen LogP contribution in [0.4, 0.5) is 5.69 Å². The molecule has 2 N–H and O–H groups in total. The summed E-state index contributed by atoms with van der Waals surface area (Å²) in [5.41, 5.74) is 3.34. The third kappa shape index (κ3) is 5.02. The highest BCUT2D eigenvalue weighted by Crippen LogP contribution is 2.48. The standard InChI is InChI=1S/C27H27N3O3S/c1-27(2)13-21-25(22(31)14-27)24(17-9-11-19(33-3)12-10-17)20(15-28)26(30-21)34-16-23(32)29-18-7-5-4-6-8-18/h4-12,24,30H,13-14,16H2,1-3H3,(H,29,32)/t24-/m1/s1. The third-order valence-corrected chi connectivity index (χ3v) is 7.00. The maximum absolute atomic E-state index is 13.3. The highest BCUT2D eigenvalue weighted by Gasteiger charge is 2.41. The van der Waals surface area contributed by atoms with E-state index in [4.69, 9.17) is 4.74 Å². The van der Waals surface area contributed by atoms with Gasteiger partial charge in [-0.1, -0.05) is 55.9 Å². The predicted octanol–water partition coefficient (Wildman–Crippen LogP) is 5.13. The Balaban J connectivity index is 1.66. The molecule has 0 spiro atoms. The van der Waals surface area contributed by atoms with Gasteiger partial charge in [0.05, 0.1) is 35.5 Å². The van der Waals surface area contributed by atoms with Crippen molar-refractivity contribution in [2.75, 3.05) is 18.2 Å². The van der Waals surface area contributed by atoms with Gasteiger partial charge in [0.1, 0.15) is 5.75 Å². The molecule has 0 fully saturated rings. The smallest absolute Gasteiger partial charge is 0.234 e. The first-order valence-corrected chi connectivity index (χ1v) is 12.1. The second kappa shape index (κ2) is 9.78. The van der Waals surface area contributed by atoms with Crippen LogP contribution in [0.2, 0.25) is 0 Å². The second-order valence-corrected chi connectivity index (χ2v) is 10.2. The largest absolute Gasteiger partial charge is 0.497 e. The van der Waals surface area contributed by atoms with Crippen LogP contribution in [0.15, 0.2) is 76.5 Å². The van der Waals surface area contributed by atoms with Gasteiger partial charge in [0.2, 0.25) is 5.91 Å². The number of carbonyl (C=O) groups is 2. The third-order valence-electron chi connectivity index (χ3n) is 5.98. The average Bonchev–Trinajstić information content (AvgIpc) is 2.81. The number of ether oxygens (including phenoxy) is 1. The summed E-state index contributed by atoms with van der Waals surface area (Å²) in [5, 5.41) is 17.0. The first-order valence-electron chi connectivity index (χ1n) is 11.1. The minimum Gasteiger partial charge on any atom is -0.497 e. The van der Waals surface area contributed by atoms with Crippen molar-refractivity contribution in [3.8, 4) is 11.8 Å². The summed E-state index contributed by atoms with van der Waals surface area (Å²) in [6, 6.07) is 19.1. The minimum atomic E-state index is -0.476. The molecule has 4 rings (SSSR count). The van der Waals surface area contributed by atoms with Gasteiger partial charge in [0, 0.05) is 23.4 Å². The summed E-state index contributed by atoms with van der Waals surface area (Å²) in [4.78, 5) is 25.8. The molecule has 1 aliphatic heterocycles. The summed E-state index contributed by atoms with van der Waals surface area (Å²) < 4.78 is 5.28. The second-order valence-electron chi connectivity index (χ2n) is 9.22. The topological polar surface area (TPSA) is 91.2 Å². The number of benzene rings is 2. The Morgan fingerprint density at radius 1 is 1.18 bits per heavy atom. The van der Waals surface area contributed by atoms with Crippen LogP contribution >= 0.6 is 11.8 Å². The van der Waals surface area contributed by atoms with Crippen LogP contribution in [0.25, 0.3) is 0 Å². The molecule has 1 heterocycles. The summed E-state index contributed by atoms with van der Waals surface area (Å²) in [6.07, 6.45) is 1.13. The van der Waals surface area contributed by atoms with Crippen molar-refractivity contribution in [3.63, 3.8) is 0 Å². The predicted molar refractivity (Wildman–Crippen MR) is 134 cm³/mol. The van der Waals surface area contributed by atoms with Crippen LogP contribution in [-0.4, -0.2) is 24.6 Å². The van der Waals surface area contributed by atoms with Crippen molar-refractivity contribution >= 4 is 29.1 Å². The summed E-state index contributed by atoms with van der Waals surface area (Å²) in [7, 11) is 1.60. The zero-order chi connectivity index (χ0) is 24.3. The molecule has 6 nitrogen and oxygen atoms in total. The van der Waals surface area contributed by atoms with Crippen molar-refractivity contribution < 1.29 is 14.3 Å². The molecule has 2 aromatic carbocycles. The lowest BCUT2D eigenvalue weighted by Crippen LogP contribution is -2.37. The number of carbonyl (C=O) groups excluding carboxylic acids is 2. The summed E-state index contributed by atoms with van der Waals surface area (Å²) in [6.45, 7) is 4.14. The molecule has 0 aromatic heterocycles. The molecule has 0 saturated carbocycles. The van der Waals surface area contributed by atoms with E-state index in [1.54, 1.807) is 7.11 Å². The zero-order valence-corrected chi connectivity index (χ0v) is 20.3. The van der Waals surface area contributed by atoms with Crippen molar-refractivity contribution in [2.24, 2.45) is 5.41 Å². The molecular formula is C27H27N3O3S. The number of amides is 1. The van der Waals surface area contributed by atoms with Crippen LogP contribution in [-0.2, 0) is 9.59 Å². The number of Topliss-reactive ketones (excluding diaryl/α,β-unsaturated/α-hetero) is 1. The molecule has 1 atom stereocenters. The molecule has 0 saturated heterocycles. The maximum atomic E-state index is 13.3. The fourth-order valence-corrected chi connectivity index (χ4v) is 5.34. The van der Waals surface area contributed by atoms with Crippen LogP contribution in [0.1, 0.15) is 38.2 Å². The fraction of sp³-hybridized carbons (Fsp3) is 0.296. The summed E-state index contributed by atoms with van der Waals surface area (Å²) in [5.74, 6) is 0.257. The molecule has 1 amide bonds. The molecular weight excluding hydrogens is 446 g/mol. The van der Waals surface area contributed by atoms with Gasteiger partial charge in [0.25, 0.3) is 0 Å². The zero-order valence-electron chi connectivity index (χ0n) is 19.5. The quantitative estimate of drug-likeness (QED) is 0.604. The number of dihydropyridines is 1. The Kier molecular flexibility index (Phi) is 6.80. The van der Waals surface area contributed by atoms with Crippen molar-refractivity contribution in [3.05, 3.63) is 82.0 Å². The molecule has 2 aromatic rings. The monoisotopic (exact) mass is 473 g/mol. The van der Waals surface area contributed by atoms with E-state index in [0.717, 1.165) is 16.9 Å². The highest BCUT2D eigenvalue weighted by molar-refractivity contribution is 8.03. The van der Waals surface area contributed by atoms with E-state index in [1.165, 1.54) is 11.8 Å². The van der Waals surface area contributed by atoms with E-state index < -0.39 is 5.92 Å². The SMILES string of the molecule is COc1ccc([C@@H]2C(C#N)=C(SCC(=O)Nc3ccccc3)NC3=C2C(=O)CC(C)(C)C3)cc1. The van der Waals surface area contributed by atoms with E-state index in [-0.39, 0.29) is 22.9 Å². The number of methoxy groups -OCH3 is 1. The number of thioether (sulfide) groups is 1. The molecule has 0 unspecified atom stereocenters. The van der Waals surface area contributed by atoms with Crippen LogP contribution in [0.3, 0.4) is 0 Å². The van der Waals surface area contributed by atoms with Gasteiger partial charge in [-0.3, -0.25) is 9.59 Å². The lowest BCUT2D eigenvalue weighted by Gasteiger charge is -2.39. The first kappa shape index (κ1) is 23.7. The van der Waals surface area contributed by atoms with E-state index in [2.05, 4.69) is 30.6 Å².